The van der Waals surface area contributed by atoms with Crippen LogP contribution in [0.1, 0.15) is 68.2 Å². The number of urea groups is 1. The first-order valence-corrected chi connectivity index (χ1v) is 12.6. The lowest BCUT2D eigenvalue weighted by Crippen LogP contribution is -2.56. The van der Waals surface area contributed by atoms with Crippen LogP contribution in [0.2, 0.25) is 0 Å². The molecule has 2 aromatic rings. The molecule has 1 aromatic carbocycles. The van der Waals surface area contributed by atoms with Gasteiger partial charge in [-0.05, 0) is 68.5 Å². The first kappa shape index (κ1) is 22.3. The van der Waals surface area contributed by atoms with Crippen molar-refractivity contribution in [1.29, 1.82) is 0 Å². The number of piperidine rings is 3. The van der Waals surface area contributed by atoms with E-state index in [9.17, 15) is 4.79 Å². The van der Waals surface area contributed by atoms with E-state index in [1.165, 1.54) is 49.9 Å². The van der Waals surface area contributed by atoms with Crippen LogP contribution in [0.15, 0.2) is 30.3 Å². The number of ether oxygens (including phenoxy) is 1. The smallest absolute Gasteiger partial charge is 0.319 e. The maximum atomic E-state index is 12.4. The molecule has 7 heteroatoms. The molecule has 6 rings (SSSR count). The Labute approximate surface area is 196 Å². The number of hydrogen-bond donors (Lipinski definition) is 2. The molecule has 3 saturated heterocycles. The average Bonchev–Trinajstić information content (AvgIpc) is 3.25. The third kappa shape index (κ3) is 4.88. The number of fused-ring (bicyclic) bond motifs is 3. The van der Waals surface area contributed by atoms with Crippen LogP contribution in [0.4, 0.5) is 10.5 Å². The molecule has 4 unspecified atom stereocenters. The predicted molar refractivity (Wildman–Crippen MR) is 130 cm³/mol. The summed E-state index contributed by atoms with van der Waals surface area (Å²) in [6.07, 6.45) is 9.03. The topological polar surface area (TPSA) is 71.4 Å². The third-order valence-electron chi connectivity index (χ3n) is 8.06. The van der Waals surface area contributed by atoms with Crippen molar-refractivity contribution in [2.75, 3.05) is 32.1 Å². The molecule has 4 atom stereocenters. The van der Waals surface area contributed by atoms with Crippen molar-refractivity contribution in [3.8, 4) is 5.75 Å². The van der Waals surface area contributed by atoms with Gasteiger partial charge in [0.2, 0.25) is 0 Å². The van der Waals surface area contributed by atoms with Gasteiger partial charge in [-0.1, -0.05) is 19.3 Å². The van der Waals surface area contributed by atoms with Gasteiger partial charge >= 0.3 is 6.03 Å². The second-order valence-corrected chi connectivity index (χ2v) is 10.1. The van der Waals surface area contributed by atoms with E-state index in [0.29, 0.717) is 30.3 Å². The van der Waals surface area contributed by atoms with Crippen LogP contribution in [-0.4, -0.2) is 53.5 Å². The molecule has 4 fully saturated rings. The van der Waals surface area contributed by atoms with E-state index in [1.54, 1.807) is 7.11 Å². The van der Waals surface area contributed by atoms with E-state index >= 15 is 0 Å². The van der Waals surface area contributed by atoms with Gasteiger partial charge in [0, 0.05) is 49.4 Å². The second-order valence-electron chi connectivity index (χ2n) is 10.1. The summed E-state index contributed by atoms with van der Waals surface area (Å²) in [4.78, 5) is 15.0. The van der Waals surface area contributed by atoms with E-state index in [4.69, 9.17) is 9.84 Å². The quantitative estimate of drug-likeness (QED) is 0.680. The fourth-order valence-electron chi connectivity index (χ4n) is 6.20. The van der Waals surface area contributed by atoms with E-state index in [2.05, 4.69) is 33.3 Å². The molecule has 4 aliphatic rings. The SMILES string of the molecule is COc1ccc(NC(=O)NCC2CC3CCN2CC3c2cc(C3CCCCC3)nn2C)cc1. The molecule has 178 valence electrons. The van der Waals surface area contributed by atoms with Crippen molar-refractivity contribution in [2.24, 2.45) is 13.0 Å². The maximum absolute atomic E-state index is 12.4. The zero-order valence-corrected chi connectivity index (χ0v) is 19.9. The first-order chi connectivity index (χ1) is 16.1. The van der Waals surface area contributed by atoms with Gasteiger partial charge in [0.25, 0.3) is 0 Å². The molecule has 1 saturated carbocycles. The molecule has 3 aliphatic heterocycles. The molecule has 1 aromatic heterocycles. The van der Waals surface area contributed by atoms with E-state index in [1.807, 2.05) is 24.3 Å². The lowest BCUT2D eigenvalue weighted by atomic mass is 9.74. The zero-order chi connectivity index (χ0) is 22.8. The maximum Gasteiger partial charge on any atom is 0.319 e. The van der Waals surface area contributed by atoms with Crippen LogP contribution in [0, 0.1) is 5.92 Å². The molecule has 2 N–H and O–H groups in total. The number of methoxy groups -OCH3 is 1. The Morgan fingerprint density at radius 2 is 1.94 bits per heavy atom. The molecule has 0 spiro atoms. The first-order valence-electron chi connectivity index (χ1n) is 12.6. The summed E-state index contributed by atoms with van der Waals surface area (Å²) in [7, 11) is 3.76. The summed E-state index contributed by atoms with van der Waals surface area (Å²) in [5, 5.41) is 11.0. The Balaban J connectivity index is 1.16. The highest BCUT2D eigenvalue weighted by molar-refractivity contribution is 5.89. The average molecular weight is 452 g/mol. The van der Waals surface area contributed by atoms with Crippen molar-refractivity contribution >= 4 is 11.7 Å². The van der Waals surface area contributed by atoms with Gasteiger partial charge in [0.1, 0.15) is 5.75 Å². The van der Waals surface area contributed by atoms with Gasteiger partial charge in [-0.3, -0.25) is 9.58 Å². The fourth-order valence-corrected chi connectivity index (χ4v) is 6.20. The number of carbonyl (C=O) groups is 1. The number of nitrogens with zero attached hydrogens (tertiary/aromatic N) is 3. The monoisotopic (exact) mass is 451 g/mol. The molecule has 7 nitrogen and oxygen atoms in total. The van der Waals surface area contributed by atoms with Crippen LogP contribution in [0.25, 0.3) is 0 Å². The third-order valence-corrected chi connectivity index (χ3v) is 8.06. The highest BCUT2D eigenvalue weighted by Gasteiger charge is 2.42. The Morgan fingerprint density at radius 3 is 2.64 bits per heavy atom. The minimum atomic E-state index is -0.150. The summed E-state index contributed by atoms with van der Waals surface area (Å²) in [6, 6.07) is 10.1. The van der Waals surface area contributed by atoms with E-state index in [0.717, 1.165) is 30.9 Å². The molecule has 33 heavy (non-hydrogen) atoms. The second kappa shape index (κ2) is 9.75. The van der Waals surface area contributed by atoms with E-state index < -0.39 is 0 Å². The molecule has 1 aliphatic carbocycles. The van der Waals surface area contributed by atoms with Crippen LogP contribution in [0.5, 0.6) is 5.75 Å². The van der Waals surface area contributed by atoms with Gasteiger partial charge < -0.3 is 15.4 Å². The lowest BCUT2D eigenvalue weighted by Gasteiger charge is -2.49. The van der Waals surface area contributed by atoms with Crippen molar-refractivity contribution in [1.82, 2.24) is 20.0 Å². The standard InChI is InChI=1S/C26H37N5O2/c1-30-25(15-24(29-30)18-6-4-3-5-7-18)23-17-31-13-12-19(23)14-21(31)16-27-26(32)28-20-8-10-22(33-2)11-9-20/h8-11,15,18-19,21,23H,3-7,12-14,16-17H2,1-2H3,(H2,27,28,32). The van der Waals surface area contributed by atoms with Crippen molar-refractivity contribution in [2.45, 2.75) is 62.8 Å². The van der Waals surface area contributed by atoms with Crippen LogP contribution >= 0.6 is 0 Å². The number of anilines is 1. The largest absolute Gasteiger partial charge is 0.497 e. The van der Waals surface area contributed by atoms with Gasteiger partial charge in [-0.2, -0.15) is 5.10 Å². The molecule has 2 amide bonds. The fraction of sp³-hybridized carbons (Fsp3) is 0.615. The van der Waals surface area contributed by atoms with Gasteiger partial charge in [0.15, 0.2) is 0 Å². The highest BCUT2D eigenvalue weighted by Crippen LogP contribution is 2.42. The molecule has 0 radical (unpaired) electrons. The minimum absolute atomic E-state index is 0.150. The Bertz CT molecular complexity index is 950. The number of hydrogen-bond acceptors (Lipinski definition) is 4. The van der Waals surface area contributed by atoms with Gasteiger partial charge in [-0.15, -0.1) is 0 Å². The van der Waals surface area contributed by atoms with Crippen molar-refractivity contribution in [3.05, 3.63) is 41.7 Å². The summed E-state index contributed by atoms with van der Waals surface area (Å²) in [6.45, 7) is 2.88. The number of rotatable bonds is 6. The zero-order valence-electron chi connectivity index (χ0n) is 19.9. The summed E-state index contributed by atoms with van der Waals surface area (Å²) < 4.78 is 7.33. The summed E-state index contributed by atoms with van der Waals surface area (Å²) >= 11 is 0. The Kier molecular flexibility index (Phi) is 6.58. The minimum Gasteiger partial charge on any atom is -0.497 e. The van der Waals surface area contributed by atoms with Crippen LogP contribution in [0.3, 0.4) is 0 Å². The van der Waals surface area contributed by atoms with Gasteiger partial charge in [-0.25, -0.2) is 4.79 Å². The Morgan fingerprint density at radius 1 is 1.15 bits per heavy atom. The number of amides is 2. The molecule has 2 bridgehead atoms. The Hall–Kier alpha value is -2.54. The van der Waals surface area contributed by atoms with Crippen LogP contribution in [-0.2, 0) is 7.05 Å². The summed E-state index contributed by atoms with van der Waals surface area (Å²) in [5.74, 6) is 2.65. The van der Waals surface area contributed by atoms with E-state index in [-0.39, 0.29) is 6.03 Å². The molecule has 4 heterocycles. The van der Waals surface area contributed by atoms with Gasteiger partial charge in [0.05, 0.1) is 12.8 Å². The molecular weight excluding hydrogens is 414 g/mol. The van der Waals surface area contributed by atoms with Crippen molar-refractivity contribution < 1.29 is 9.53 Å². The number of aromatic nitrogens is 2. The number of carbonyl (C=O) groups excluding carboxylic acids is 1. The number of aryl methyl sites for hydroxylation is 1. The predicted octanol–water partition coefficient (Wildman–Crippen LogP) is 4.48. The normalized spacial score (nSPS) is 27.3. The number of nitrogens with one attached hydrogen (secondary N) is 2. The molecular formula is C26H37N5O2. The highest BCUT2D eigenvalue weighted by atomic mass is 16.5. The lowest BCUT2D eigenvalue weighted by molar-refractivity contribution is 0.0296. The van der Waals surface area contributed by atoms with Crippen LogP contribution < -0.4 is 15.4 Å². The summed E-state index contributed by atoms with van der Waals surface area (Å²) in [5.41, 5.74) is 3.50. The number of benzene rings is 1. The van der Waals surface area contributed by atoms with Crippen molar-refractivity contribution in [3.63, 3.8) is 0 Å².